The van der Waals surface area contributed by atoms with Gasteiger partial charge in [0.15, 0.2) is 0 Å². The molecule has 10 heteroatoms. The largest absolute Gasteiger partial charge is 0.366 e. The monoisotopic (exact) mass is 302 g/mol. The van der Waals surface area contributed by atoms with Crippen LogP contribution in [-0.4, -0.2) is 58.7 Å². The van der Waals surface area contributed by atoms with Crippen molar-refractivity contribution in [2.45, 2.75) is 25.8 Å². The van der Waals surface area contributed by atoms with Crippen molar-refractivity contribution in [1.82, 2.24) is 24.8 Å². The van der Waals surface area contributed by atoms with Crippen LogP contribution in [0.2, 0.25) is 0 Å². The molecule has 1 amide bonds. The number of hydrogen-bond acceptors (Lipinski definition) is 6. The van der Waals surface area contributed by atoms with Crippen molar-refractivity contribution in [3.8, 4) is 0 Å². The van der Waals surface area contributed by atoms with Crippen LogP contribution in [0.15, 0.2) is 0 Å². The Bertz CT molecular complexity index is 576. The zero-order valence-corrected chi connectivity index (χ0v) is 12.0. The highest BCUT2D eigenvalue weighted by molar-refractivity contribution is 7.89. The lowest BCUT2D eigenvalue weighted by atomic mass is 10.1. The molecule has 2 heterocycles. The zero-order valence-electron chi connectivity index (χ0n) is 11.2. The van der Waals surface area contributed by atoms with Gasteiger partial charge in [-0.2, -0.15) is 4.98 Å². The van der Waals surface area contributed by atoms with Crippen LogP contribution >= 0.6 is 0 Å². The lowest BCUT2D eigenvalue weighted by Gasteiger charge is -2.31. The molecule has 0 atom stereocenters. The summed E-state index contributed by atoms with van der Waals surface area (Å²) in [6.07, 6.45) is 1.16. The number of hydrogen-bond donors (Lipinski definition) is 3. The molecular formula is C10H18N6O3S. The van der Waals surface area contributed by atoms with E-state index >= 15 is 0 Å². The average Bonchev–Trinajstić information content (AvgIpc) is 2.86. The Morgan fingerprint density at radius 2 is 2.15 bits per heavy atom. The summed E-state index contributed by atoms with van der Waals surface area (Å²) in [4.78, 5) is 15.6. The number of amides is 1. The van der Waals surface area contributed by atoms with Gasteiger partial charge in [0.2, 0.25) is 21.8 Å². The predicted molar refractivity (Wildman–Crippen MR) is 72.3 cm³/mol. The maximum Gasteiger partial charge on any atom is 0.288 e. The topological polar surface area (TPSA) is 134 Å². The molecular weight excluding hydrogens is 284 g/mol. The van der Waals surface area contributed by atoms with E-state index < -0.39 is 10.0 Å². The van der Waals surface area contributed by atoms with E-state index in [-0.39, 0.29) is 29.5 Å². The number of nitrogen functional groups attached to an aromatic ring is 1. The molecule has 1 saturated heterocycles. The molecule has 0 aliphatic carbocycles. The number of piperidine rings is 1. The molecule has 1 aromatic rings. The summed E-state index contributed by atoms with van der Waals surface area (Å²) < 4.78 is 24.9. The molecule has 0 bridgehead atoms. The van der Waals surface area contributed by atoms with Gasteiger partial charge >= 0.3 is 0 Å². The number of nitrogens with two attached hydrogens (primary N) is 1. The van der Waals surface area contributed by atoms with Gasteiger partial charge in [-0.3, -0.25) is 9.89 Å². The molecule has 0 unspecified atom stereocenters. The smallest absolute Gasteiger partial charge is 0.288 e. The van der Waals surface area contributed by atoms with E-state index in [0.717, 1.165) is 0 Å². The fourth-order valence-electron chi connectivity index (χ4n) is 2.09. The molecule has 1 fully saturated rings. The average molecular weight is 302 g/mol. The SMILES string of the molecule is CCS(=O)(=O)N1CCC(NC(=O)c2nc(N)n[nH]2)CC1. The molecule has 2 rings (SSSR count). The number of aromatic amines is 1. The molecule has 112 valence electrons. The van der Waals surface area contributed by atoms with Crippen molar-refractivity contribution in [3.05, 3.63) is 5.82 Å². The summed E-state index contributed by atoms with van der Waals surface area (Å²) in [5.41, 5.74) is 5.32. The van der Waals surface area contributed by atoms with Crippen molar-refractivity contribution < 1.29 is 13.2 Å². The predicted octanol–water partition coefficient (Wildman–Crippen LogP) is -1.07. The summed E-state index contributed by atoms with van der Waals surface area (Å²) >= 11 is 0. The lowest BCUT2D eigenvalue weighted by Crippen LogP contribution is -2.47. The molecule has 9 nitrogen and oxygen atoms in total. The molecule has 0 radical (unpaired) electrons. The van der Waals surface area contributed by atoms with Gasteiger partial charge < -0.3 is 11.1 Å². The quantitative estimate of drug-likeness (QED) is 0.648. The Hall–Kier alpha value is -1.68. The minimum absolute atomic E-state index is 0.0130. The van der Waals surface area contributed by atoms with Crippen molar-refractivity contribution in [2.24, 2.45) is 0 Å². The number of nitrogens with one attached hydrogen (secondary N) is 2. The molecule has 20 heavy (non-hydrogen) atoms. The summed E-state index contributed by atoms with van der Waals surface area (Å²) in [7, 11) is -3.15. The lowest BCUT2D eigenvalue weighted by molar-refractivity contribution is 0.0913. The third-order valence-electron chi connectivity index (χ3n) is 3.27. The molecule has 0 spiro atoms. The second-order valence-corrected chi connectivity index (χ2v) is 6.85. The second-order valence-electron chi connectivity index (χ2n) is 4.59. The van der Waals surface area contributed by atoms with Crippen LogP contribution in [0, 0.1) is 0 Å². The number of nitrogens with zero attached hydrogens (tertiary/aromatic N) is 3. The summed E-state index contributed by atoms with van der Waals surface area (Å²) in [5, 5.41) is 8.80. The fraction of sp³-hybridized carbons (Fsp3) is 0.700. The van der Waals surface area contributed by atoms with E-state index in [1.54, 1.807) is 6.92 Å². The van der Waals surface area contributed by atoms with Gasteiger partial charge in [0.05, 0.1) is 5.75 Å². The van der Waals surface area contributed by atoms with Crippen molar-refractivity contribution in [2.75, 3.05) is 24.6 Å². The van der Waals surface area contributed by atoms with Gasteiger partial charge in [0.1, 0.15) is 0 Å². The first-order chi connectivity index (χ1) is 9.42. The number of carbonyl (C=O) groups is 1. The molecule has 4 N–H and O–H groups in total. The van der Waals surface area contributed by atoms with Crippen molar-refractivity contribution >= 4 is 21.9 Å². The van der Waals surface area contributed by atoms with Crippen LogP contribution < -0.4 is 11.1 Å². The molecule has 1 aliphatic rings. The second kappa shape index (κ2) is 5.75. The van der Waals surface area contributed by atoms with Gasteiger partial charge in [0, 0.05) is 19.1 Å². The van der Waals surface area contributed by atoms with Gasteiger partial charge in [0.25, 0.3) is 5.91 Å². The first kappa shape index (κ1) is 14.7. The molecule has 1 aromatic heterocycles. The zero-order chi connectivity index (χ0) is 14.8. The van der Waals surface area contributed by atoms with Gasteiger partial charge in [-0.25, -0.2) is 12.7 Å². The minimum atomic E-state index is -3.15. The van der Waals surface area contributed by atoms with E-state index in [2.05, 4.69) is 20.5 Å². The van der Waals surface area contributed by atoms with E-state index in [0.29, 0.717) is 25.9 Å². The van der Waals surface area contributed by atoms with E-state index in [1.807, 2.05) is 0 Å². The highest BCUT2D eigenvalue weighted by atomic mass is 32.2. The van der Waals surface area contributed by atoms with Crippen LogP contribution in [0.25, 0.3) is 0 Å². The number of sulfonamides is 1. The first-order valence-electron chi connectivity index (χ1n) is 6.39. The van der Waals surface area contributed by atoms with E-state index in [4.69, 9.17) is 5.73 Å². The number of carbonyl (C=O) groups excluding carboxylic acids is 1. The molecule has 0 saturated carbocycles. The Labute approximate surface area is 117 Å². The standard InChI is InChI=1S/C10H18N6O3S/c1-2-20(18,19)16-5-3-7(4-6-16)12-9(17)8-13-10(11)15-14-8/h7H,2-6H2,1H3,(H,12,17)(H3,11,13,14,15). The summed E-state index contributed by atoms with van der Waals surface area (Å²) in [5.74, 6) is -0.211. The third kappa shape index (κ3) is 3.25. The number of anilines is 1. The first-order valence-corrected chi connectivity index (χ1v) is 8.00. The maximum absolute atomic E-state index is 11.8. The maximum atomic E-state index is 11.8. The van der Waals surface area contributed by atoms with Crippen LogP contribution in [-0.2, 0) is 10.0 Å². The number of H-pyrrole nitrogens is 1. The van der Waals surface area contributed by atoms with Crippen LogP contribution in [0.1, 0.15) is 30.4 Å². The minimum Gasteiger partial charge on any atom is -0.366 e. The van der Waals surface area contributed by atoms with Gasteiger partial charge in [-0.05, 0) is 19.8 Å². The summed E-state index contributed by atoms with van der Waals surface area (Å²) in [6.45, 7) is 2.46. The van der Waals surface area contributed by atoms with E-state index in [9.17, 15) is 13.2 Å². The Morgan fingerprint density at radius 1 is 1.50 bits per heavy atom. The number of rotatable bonds is 4. The Kier molecular flexibility index (Phi) is 4.23. The van der Waals surface area contributed by atoms with Crippen molar-refractivity contribution in [1.29, 1.82) is 0 Å². The Morgan fingerprint density at radius 3 is 2.65 bits per heavy atom. The van der Waals surface area contributed by atoms with Crippen molar-refractivity contribution in [3.63, 3.8) is 0 Å². The normalized spacial score (nSPS) is 18.1. The van der Waals surface area contributed by atoms with Crippen LogP contribution in [0.4, 0.5) is 5.95 Å². The summed E-state index contributed by atoms with van der Waals surface area (Å²) in [6, 6.07) is -0.0721. The van der Waals surface area contributed by atoms with Crippen LogP contribution in [0.3, 0.4) is 0 Å². The Balaban J connectivity index is 1.87. The number of aromatic nitrogens is 3. The highest BCUT2D eigenvalue weighted by Gasteiger charge is 2.27. The highest BCUT2D eigenvalue weighted by Crippen LogP contribution is 2.14. The fourth-order valence-corrected chi connectivity index (χ4v) is 3.22. The molecule has 1 aliphatic heterocycles. The van der Waals surface area contributed by atoms with Crippen LogP contribution in [0.5, 0.6) is 0 Å². The van der Waals surface area contributed by atoms with Gasteiger partial charge in [-0.1, -0.05) is 0 Å². The molecule has 0 aromatic carbocycles. The van der Waals surface area contributed by atoms with E-state index in [1.165, 1.54) is 4.31 Å². The third-order valence-corrected chi connectivity index (χ3v) is 5.15. The van der Waals surface area contributed by atoms with Gasteiger partial charge in [-0.15, -0.1) is 5.10 Å².